The van der Waals surface area contributed by atoms with Gasteiger partial charge in [-0.05, 0) is 43.2 Å². The summed E-state index contributed by atoms with van der Waals surface area (Å²) in [6.07, 6.45) is 2.50. The molecule has 0 radical (unpaired) electrons. The maximum Gasteiger partial charge on any atom is 0.273 e. The van der Waals surface area contributed by atoms with Gasteiger partial charge in [0.05, 0.1) is 24.4 Å². The second-order valence-corrected chi connectivity index (χ2v) is 6.96. The molecule has 5 nitrogen and oxygen atoms in total. The Kier molecular flexibility index (Phi) is 5.96. The minimum Gasteiger partial charge on any atom is -0.497 e. The molecule has 0 saturated heterocycles. The molecule has 1 amide bonds. The highest BCUT2D eigenvalue weighted by Crippen LogP contribution is 2.15. The summed E-state index contributed by atoms with van der Waals surface area (Å²) in [6, 6.07) is 13.6. The lowest BCUT2D eigenvalue weighted by atomic mass is 10.1. The van der Waals surface area contributed by atoms with Gasteiger partial charge in [-0.3, -0.25) is 9.78 Å². The molecule has 0 bridgehead atoms. The van der Waals surface area contributed by atoms with Crippen molar-refractivity contribution in [1.29, 1.82) is 0 Å². The van der Waals surface area contributed by atoms with Crippen LogP contribution in [0.1, 0.15) is 26.8 Å². The number of hydrogen-bond donors (Lipinski definition) is 0. The summed E-state index contributed by atoms with van der Waals surface area (Å²) in [6.45, 7) is 2.96. The van der Waals surface area contributed by atoms with Crippen LogP contribution in [0.3, 0.4) is 0 Å². The fourth-order valence-electron chi connectivity index (χ4n) is 2.62. The first-order valence-corrected chi connectivity index (χ1v) is 9.28. The summed E-state index contributed by atoms with van der Waals surface area (Å²) < 4.78 is 5.19. The summed E-state index contributed by atoms with van der Waals surface area (Å²) in [5.74, 6) is 0.765. The number of carbonyl (C=O) groups excluding carboxylic acids is 1. The van der Waals surface area contributed by atoms with Crippen molar-refractivity contribution >= 4 is 17.2 Å². The molecule has 3 aromatic rings. The second-order valence-electron chi connectivity index (χ2n) is 5.90. The van der Waals surface area contributed by atoms with Crippen LogP contribution in [0, 0.1) is 6.92 Å². The lowest BCUT2D eigenvalue weighted by Gasteiger charge is -2.21. The second kappa shape index (κ2) is 8.58. The van der Waals surface area contributed by atoms with E-state index in [1.165, 1.54) is 11.3 Å². The van der Waals surface area contributed by atoms with Gasteiger partial charge in [-0.1, -0.05) is 18.2 Å². The minimum atomic E-state index is -0.0616. The number of amides is 1. The molecule has 0 N–H and O–H groups in total. The number of methoxy groups -OCH3 is 1. The van der Waals surface area contributed by atoms with Crippen LogP contribution in [0.4, 0.5) is 0 Å². The molecular formula is C20H21N3O2S. The van der Waals surface area contributed by atoms with Crippen LogP contribution in [0.15, 0.2) is 54.0 Å². The van der Waals surface area contributed by atoms with E-state index in [0.29, 0.717) is 18.8 Å². The smallest absolute Gasteiger partial charge is 0.273 e. The number of aryl methyl sites for hydroxylation is 1. The first-order valence-electron chi connectivity index (χ1n) is 8.40. The van der Waals surface area contributed by atoms with Crippen molar-refractivity contribution in [3.63, 3.8) is 0 Å². The third kappa shape index (κ3) is 4.67. The molecule has 0 saturated carbocycles. The predicted octanol–water partition coefficient (Wildman–Crippen LogP) is 3.74. The lowest BCUT2D eigenvalue weighted by Crippen LogP contribution is -2.33. The Balaban J connectivity index is 1.74. The molecule has 0 atom stereocenters. The molecule has 0 unspecified atom stereocenters. The van der Waals surface area contributed by atoms with Crippen LogP contribution in [-0.2, 0) is 13.0 Å². The molecule has 26 heavy (non-hydrogen) atoms. The van der Waals surface area contributed by atoms with Gasteiger partial charge in [0.15, 0.2) is 0 Å². The lowest BCUT2D eigenvalue weighted by molar-refractivity contribution is 0.0737. The number of aromatic nitrogens is 2. The largest absolute Gasteiger partial charge is 0.497 e. The van der Waals surface area contributed by atoms with Gasteiger partial charge in [0.1, 0.15) is 11.4 Å². The molecule has 0 fully saturated rings. The first kappa shape index (κ1) is 18.1. The Morgan fingerprint density at radius 3 is 2.62 bits per heavy atom. The summed E-state index contributed by atoms with van der Waals surface area (Å²) in [7, 11) is 1.65. The monoisotopic (exact) mass is 367 g/mol. The number of nitrogens with zero attached hydrogens (tertiary/aromatic N) is 3. The normalized spacial score (nSPS) is 10.5. The van der Waals surface area contributed by atoms with Crippen LogP contribution in [0.25, 0.3) is 0 Å². The zero-order valence-electron chi connectivity index (χ0n) is 14.9. The van der Waals surface area contributed by atoms with Crippen LogP contribution >= 0.6 is 11.3 Å². The van der Waals surface area contributed by atoms with Gasteiger partial charge >= 0.3 is 0 Å². The van der Waals surface area contributed by atoms with E-state index in [4.69, 9.17) is 4.74 Å². The zero-order chi connectivity index (χ0) is 18.4. The fourth-order valence-corrected chi connectivity index (χ4v) is 3.21. The van der Waals surface area contributed by atoms with Crippen LogP contribution < -0.4 is 4.74 Å². The molecule has 134 valence electrons. The maximum atomic E-state index is 12.9. The Labute approximate surface area is 157 Å². The van der Waals surface area contributed by atoms with E-state index < -0.39 is 0 Å². The molecule has 6 heteroatoms. The van der Waals surface area contributed by atoms with E-state index in [9.17, 15) is 4.79 Å². The summed E-state index contributed by atoms with van der Waals surface area (Å²) in [5.41, 5.74) is 2.51. The fraction of sp³-hybridized carbons (Fsp3) is 0.250. The number of pyridine rings is 1. The van der Waals surface area contributed by atoms with Gasteiger partial charge in [-0.25, -0.2) is 4.98 Å². The van der Waals surface area contributed by atoms with Crippen LogP contribution in [0.5, 0.6) is 5.75 Å². The van der Waals surface area contributed by atoms with Crippen molar-refractivity contribution < 1.29 is 9.53 Å². The number of ether oxygens (including phenoxy) is 1. The van der Waals surface area contributed by atoms with Gasteiger partial charge in [-0.15, -0.1) is 11.3 Å². The Hall–Kier alpha value is -2.73. The van der Waals surface area contributed by atoms with Crippen molar-refractivity contribution in [3.05, 3.63) is 76.0 Å². The average molecular weight is 367 g/mol. The zero-order valence-corrected chi connectivity index (χ0v) is 15.7. The summed E-state index contributed by atoms with van der Waals surface area (Å²) >= 11 is 1.49. The van der Waals surface area contributed by atoms with Crippen molar-refractivity contribution in [3.8, 4) is 5.75 Å². The highest BCUT2D eigenvalue weighted by atomic mass is 32.1. The van der Waals surface area contributed by atoms with E-state index in [1.807, 2.05) is 54.8 Å². The number of carbonyl (C=O) groups is 1. The van der Waals surface area contributed by atoms with Crippen molar-refractivity contribution in [2.24, 2.45) is 0 Å². The van der Waals surface area contributed by atoms with Crippen LogP contribution in [0.2, 0.25) is 0 Å². The molecule has 0 aliphatic heterocycles. The van der Waals surface area contributed by atoms with E-state index in [1.54, 1.807) is 18.2 Å². The van der Waals surface area contributed by atoms with E-state index in [2.05, 4.69) is 9.97 Å². The highest BCUT2D eigenvalue weighted by Gasteiger charge is 2.19. The van der Waals surface area contributed by atoms with Gasteiger partial charge in [0.2, 0.25) is 0 Å². The molecule has 2 aromatic heterocycles. The minimum absolute atomic E-state index is 0.0616. The molecule has 0 aliphatic carbocycles. The van der Waals surface area contributed by atoms with Crippen molar-refractivity contribution in [2.75, 3.05) is 13.7 Å². The van der Waals surface area contributed by atoms with E-state index in [0.717, 1.165) is 28.4 Å². The Morgan fingerprint density at radius 1 is 1.19 bits per heavy atom. The summed E-state index contributed by atoms with van der Waals surface area (Å²) in [4.78, 5) is 23.4. The SMILES string of the molecule is COc1ccc(CCN(Cc2ccccn2)C(=O)c2csc(C)n2)cc1. The molecule has 2 heterocycles. The van der Waals surface area contributed by atoms with Crippen molar-refractivity contribution in [2.45, 2.75) is 19.9 Å². The molecular weight excluding hydrogens is 346 g/mol. The average Bonchev–Trinajstić information content (AvgIpc) is 3.12. The summed E-state index contributed by atoms with van der Waals surface area (Å²) in [5, 5.41) is 2.71. The molecule has 0 spiro atoms. The molecule has 0 aliphatic rings. The maximum absolute atomic E-state index is 12.9. The topological polar surface area (TPSA) is 55.3 Å². The predicted molar refractivity (Wildman–Crippen MR) is 103 cm³/mol. The molecule has 1 aromatic carbocycles. The first-order chi connectivity index (χ1) is 12.7. The Morgan fingerprint density at radius 2 is 2.00 bits per heavy atom. The van der Waals surface area contributed by atoms with E-state index >= 15 is 0 Å². The standard InChI is InChI=1S/C20H21N3O2S/c1-15-22-19(14-26-15)20(24)23(13-17-5-3-4-11-21-17)12-10-16-6-8-18(25-2)9-7-16/h3-9,11,14H,10,12-13H2,1-2H3. The number of thiazole rings is 1. The number of benzene rings is 1. The quantitative estimate of drug-likeness (QED) is 0.638. The van der Waals surface area contributed by atoms with E-state index in [-0.39, 0.29) is 5.91 Å². The van der Waals surface area contributed by atoms with Crippen LogP contribution in [-0.4, -0.2) is 34.4 Å². The number of rotatable bonds is 7. The van der Waals surface area contributed by atoms with Gasteiger partial charge in [0, 0.05) is 18.1 Å². The third-order valence-corrected chi connectivity index (χ3v) is 4.81. The van der Waals surface area contributed by atoms with Gasteiger partial charge < -0.3 is 9.64 Å². The van der Waals surface area contributed by atoms with Crippen molar-refractivity contribution in [1.82, 2.24) is 14.9 Å². The van der Waals surface area contributed by atoms with Gasteiger partial charge in [0.25, 0.3) is 5.91 Å². The number of hydrogen-bond acceptors (Lipinski definition) is 5. The highest BCUT2D eigenvalue weighted by molar-refractivity contribution is 7.09. The third-order valence-electron chi connectivity index (χ3n) is 4.03. The Bertz CT molecular complexity index is 847. The van der Waals surface area contributed by atoms with Gasteiger partial charge in [-0.2, -0.15) is 0 Å². The molecule has 3 rings (SSSR count).